The van der Waals surface area contributed by atoms with E-state index in [4.69, 9.17) is 15.6 Å². The maximum absolute atomic E-state index is 10.8. The van der Waals surface area contributed by atoms with Crippen LogP contribution in [0.4, 0.5) is 11.8 Å². The van der Waals surface area contributed by atoms with Crippen molar-refractivity contribution in [3.8, 4) is 0 Å². The third-order valence-corrected chi connectivity index (χ3v) is 3.39. The van der Waals surface area contributed by atoms with Gasteiger partial charge in [-0.25, -0.2) is 4.98 Å². The molecule has 0 aliphatic carbocycles. The summed E-state index contributed by atoms with van der Waals surface area (Å²) >= 11 is 0. The van der Waals surface area contributed by atoms with Crippen molar-refractivity contribution in [3.05, 3.63) is 16.4 Å². The highest BCUT2D eigenvalue weighted by atomic mass is 16.6. The van der Waals surface area contributed by atoms with E-state index in [1.165, 1.54) is 10.9 Å². The maximum atomic E-state index is 10.8. The van der Waals surface area contributed by atoms with Crippen molar-refractivity contribution in [1.82, 2.24) is 19.5 Å². The zero-order chi connectivity index (χ0) is 16.0. The lowest BCUT2D eigenvalue weighted by molar-refractivity contribution is -0.394. The van der Waals surface area contributed by atoms with Crippen molar-refractivity contribution in [2.24, 2.45) is 0 Å². The first-order valence-electron chi connectivity index (χ1n) is 6.21. The van der Waals surface area contributed by atoms with Gasteiger partial charge < -0.3 is 35.9 Å². The number of ether oxygens (including phenoxy) is 1. The summed E-state index contributed by atoms with van der Waals surface area (Å²) < 4.78 is 6.53. The molecule has 4 atom stereocenters. The molecule has 0 bridgehead atoms. The van der Waals surface area contributed by atoms with Gasteiger partial charge in [0.25, 0.3) is 0 Å². The first-order valence-corrected chi connectivity index (χ1v) is 6.21. The summed E-state index contributed by atoms with van der Waals surface area (Å²) in [4.78, 5) is 21.2. The van der Waals surface area contributed by atoms with Gasteiger partial charge in [0, 0.05) is 0 Å². The third kappa shape index (κ3) is 2.05. The lowest BCUT2D eigenvalue weighted by Gasteiger charge is -2.15. The predicted octanol–water partition coefficient (Wildman–Crippen LogP) is -2.07. The second-order valence-electron chi connectivity index (χ2n) is 4.72. The number of nitro groups is 1. The SMILES string of the molecule is Nc1nc([N+](=O)[O-])nc2c1ncn2[C@@H]1O[C@H](CO)[C@H](O)C1O. The predicted molar refractivity (Wildman–Crippen MR) is 69.4 cm³/mol. The number of aliphatic hydroxyl groups is 3. The number of aromatic nitrogens is 4. The Morgan fingerprint density at radius 3 is 2.73 bits per heavy atom. The Hall–Kier alpha value is -2.41. The molecule has 1 aliphatic rings. The molecule has 0 amide bonds. The number of anilines is 1. The highest BCUT2D eigenvalue weighted by molar-refractivity contribution is 5.82. The van der Waals surface area contributed by atoms with Crippen molar-refractivity contribution in [1.29, 1.82) is 0 Å². The number of nitrogens with two attached hydrogens (primary N) is 1. The van der Waals surface area contributed by atoms with E-state index >= 15 is 0 Å². The molecule has 0 spiro atoms. The number of fused-ring (bicyclic) bond motifs is 1. The van der Waals surface area contributed by atoms with Crippen LogP contribution in [0.25, 0.3) is 11.2 Å². The topological polar surface area (TPSA) is 183 Å². The normalized spacial score (nSPS) is 28.3. The monoisotopic (exact) mass is 312 g/mol. The van der Waals surface area contributed by atoms with Gasteiger partial charge in [-0.15, -0.1) is 0 Å². The van der Waals surface area contributed by atoms with Crippen LogP contribution < -0.4 is 5.73 Å². The van der Waals surface area contributed by atoms with Crippen LogP contribution in [0, 0.1) is 10.1 Å². The van der Waals surface area contributed by atoms with Crippen molar-refractivity contribution in [3.63, 3.8) is 0 Å². The molecule has 1 aliphatic heterocycles. The van der Waals surface area contributed by atoms with E-state index in [1.54, 1.807) is 0 Å². The Balaban J connectivity index is 2.10. The van der Waals surface area contributed by atoms with Crippen LogP contribution in [-0.4, -0.2) is 64.7 Å². The van der Waals surface area contributed by atoms with Crippen molar-refractivity contribution >= 4 is 22.9 Å². The van der Waals surface area contributed by atoms with Gasteiger partial charge >= 0.3 is 5.95 Å². The molecule has 22 heavy (non-hydrogen) atoms. The Labute approximate surface area is 121 Å². The van der Waals surface area contributed by atoms with Crippen LogP contribution >= 0.6 is 0 Å². The van der Waals surface area contributed by atoms with E-state index in [0.717, 1.165) is 0 Å². The van der Waals surface area contributed by atoms with Gasteiger partial charge in [-0.05, 0) is 14.9 Å². The van der Waals surface area contributed by atoms with Crippen LogP contribution in [0.15, 0.2) is 6.33 Å². The van der Waals surface area contributed by atoms with Crippen LogP contribution in [0.3, 0.4) is 0 Å². The Kier molecular flexibility index (Phi) is 3.37. The van der Waals surface area contributed by atoms with Gasteiger partial charge in [0.1, 0.15) is 24.6 Å². The molecule has 0 aromatic carbocycles. The largest absolute Gasteiger partial charge is 0.473 e. The van der Waals surface area contributed by atoms with Gasteiger partial charge in [0.2, 0.25) is 11.5 Å². The Bertz CT molecular complexity index is 734. The molecule has 1 unspecified atom stereocenters. The highest BCUT2D eigenvalue weighted by Crippen LogP contribution is 2.32. The molecule has 3 rings (SSSR count). The molecule has 0 saturated carbocycles. The minimum atomic E-state index is -1.37. The minimum absolute atomic E-state index is 0.0194. The lowest BCUT2D eigenvalue weighted by atomic mass is 10.1. The van der Waals surface area contributed by atoms with Gasteiger partial charge in [-0.2, -0.15) is 0 Å². The van der Waals surface area contributed by atoms with Crippen LogP contribution in [0.1, 0.15) is 6.23 Å². The first kappa shape index (κ1) is 14.5. The number of hydrogen-bond acceptors (Lipinski definition) is 10. The average molecular weight is 312 g/mol. The summed E-state index contributed by atoms with van der Waals surface area (Å²) in [6, 6.07) is 0. The minimum Gasteiger partial charge on any atom is -0.394 e. The lowest BCUT2D eigenvalue weighted by Crippen LogP contribution is -2.33. The molecule has 12 nitrogen and oxygen atoms in total. The smallest absolute Gasteiger partial charge is 0.394 e. The van der Waals surface area contributed by atoms with E-state index in [-0.39, 0.29) is 17.0 Å². The molecule has 118 valence electrons. The van der Waals surface area contributed by atoms with E-state index in [9.17, 15) is 20.3 Å². The van der Waals surface area contributed by atoms with Gasteiger partial charge in [0.15, 0.2) is 11.7 Å². The fourth-order valence-electron chi connectivity index (χ4n) is 2.30. The maximum Gasteiger partial charge on any atom is 0.473 e. The summed E-state index contributed by atoms with van der Waals surface area (Å²) in [5.41, 5.74) is 5.68. The summed E-state index contributed by atoms with van der Waals surface area (Å²) in [6.07, 6.45) is -3.59. The van der Waals surface area contributed by atoms with E-state index in [2.05, 4.69) is 15.0 Å². The second-order valence-corrected chi connectivity index (χ2v) is 4.72. The fraction of sp³-hybridized carbons (Fsp3) is 0.500. The number of nitrogens with zero attached hydrogens (tertiary/aromatic N) is 5. The van der Waals surface area contributed by atoms with E-state index < -0.39 is 42.0 Å². The summed E-state index contributed by atoms with van der Waals surface area (Å²) in [5.74, 6) is -0.916. The average Bonchev–Trinajstić information content (AvgIpc) is 3.02. The van der Waals surface area contributed by atoms with Gasteiger partial charge in [0.05, 0.1) is 6.61 Å². The molecule has 12 heteroatoms. The van der Waals surface area contributed by atoms with Gasteiger partial charge in [-0.3, -0.25) is 4.57 Å². The molecule has 0 radical (unpaired) electrons. The van der Waals surface area contributed by atoms with Crippen LogP contribution in [-0.2, 0) is 4.74 Å². The molecule has 2 aromatic heterocycles. The second kappa shape index (κ2) is 5.10. The summed E-state index contributed by atoms with van der Waals surface area (Å²) in [5, 5.41) is 39.7. The molecule has 1 saturated heterocycles. The first-order chi connectivity index (χ1) is 10.4. The molecule has 2 aromatic rings. The van der Waals surface area contributed by atoms with E-state index in [0.29, 0.717) is 0 Å². The van der Waals surface area contributed by atoms with Crippen molar-refractivity contribution in [2.45, 2.75) is 24.5 Å². The van der Waals surface area contributed by atoms with Crippen LogP contribution in [0.5, 0.6) is 0 Å². The number of imidazole rings is 1. The molecular formula is C10H12N6O6. The molecule has 5 N–H and O–H groups in total. The zero-order valence-electron chi connectivity index (χ0n) is 11.0. The molecule has 1 fully saturated rings. The third-order valence-electron chi connectivity index (χ3n) is 3.39. The Morgan fingerprint density at radius 2 is 2.14 bits per heavy atom. The number of rotatable bonds is 3. The quantitative estimate of drug-likeness (QED) is 0.362. The van der Waals surface area contributed by atoms with Crippen molar-refractivity contribution in [2.75, 3.05) is 12.3 Å². The highest BCUT2D eigenvalue weighted by Gasteiger charge is 2.44. The van der Waals surface area contributed by atoms with Crippen molar-refractivity contribution < 1.29 is 25.0 Å². The Morgan fingerprint density at radius 1 is 1.41 bits per heavy atom. The summed E-state index contributed by atoms with van der Waals surface area (Å²) in [7, 11) is 0. The fourth-order valence-corrected chi connectivity index (χ4v) is 2.30. The van der Waals surface area contributed by atoms with Crippen LogP contribution in [0.2, 0.25) is 0 Å². The van der Waals surface area contributed by atoms with Gasteiger partial charge in [-0.1, -0.05) is 0 Å². The number of hydrogen-bond donors (Lipinski definition) is 4. The summed E-state index contributed by atoms with van der Waals surface area (Å²) in [6.45, 7) is -0.501. The number of aliphatic hydroxyl groups excluding tert-OH is 3. The zero-order valence-corrected chi connectivity index (χ0v) is 11.0. The molecular weight excluding hydrogens is 300 g/mol. The standard InChI is InChI=1S/C10H12N6O6/c11-7-4-8(14-10(13-7)16(20)21)15(2-12-4)9-6(19)5(18)3(1-17)22-9/h2-3,5-6,9,17-19H,1H2,(H2,11,13,14)/t3-,5+,6?,9-/m1/s1. The van der Waals surface area contributed by atoms with E-state index in [1.807, 2.05) is 0 Å². The molecule has 3 heterocycles. The number of nitrogen functional groups attached to an aromatic ring is 1.